The second-order valence-corrected chi connectivity index (χ2v) is 6.74. The number of fused-ring (bicyclic) bond motifs is 1. The molecule has 2 aromatic heterocycles. The quantitative estimate of drug-likeness (QED) is 0.374. The molecule has 0 amide bonds. The maximum absolute atomic E-state index is 13.0. The first-order valence-corrected chi connectivity index (χ1v) is 9.05. The third-order valence-electron chi connectivity index (χ3n) is 3.39. The molecule has 1 aromatic carbocycles. The Balaban J connectivity index is 2.24. The van der Waals surface area contributed by atoms with Gasteiger partial charge in [0.25, 0.3) is 5.56 Å². The van der Waals surface area contributed by atoms with E-state index < -0.39 is 0 Å². The summed E-state index contributed by atoms with van der Waals surface area (Å²) in [4.78, 5) is 18.5. The number of hydrogen-bond acceptors (Lipinski definition) is 4. The van der Waals surface area contributed by atoms with E-state index in [9.17, 15) is 4.79 Å². The van der Waals surface area contributed by atoms with Crippen molar-refractivity contribution in [2.75, 3.05) is 5.75 Å². The Bertz CT molecular complexity index is 910. The van der Waals surface area contributed by atoms with E-state index in [0.717, 1.165) is 16.0 Å². The van der Waals surface area contributed by atoms with Crippen LogP contribution in [0.2, 0.25) is 0 Å². The van der Waals surface area contributed by atoms with Crippen molar-refractivity contribution < 1.29 is 0 Å². The molecule has 0 unspecified atom stereocenters. The van der Waals surface area contributed by atoms with Crippen LogP contribution in [-0.2, 0) is 6.54 Å². The van der Waals surface area contributed by atoms with Gasteiger partial charge >= 0.3 is 0 Å². The fourth-order valence-electron chi connectivity index (χ4n) is 2.37. The molecule has 116 valence electrons. The van der Waals surface area contributed by atoms with E-state index in [1.54, 1.807) is 10.6 Å². The van der Waals surface area contributed by atoms with Crippen molar-refractivity contribution in [1.82, 2.24) is 9.55 Å². The minimum absolute atomic E-state index is 0.0124. The van der Waals surface area contributed by atoms with Gasteiger partial charge in [0.2, 0.25) is 0 Å². The summed E-state index contributed by atoms with van der Waals surface area (Å²) in [6.07, 6.45) is 3.53. The Hall–Kier alpha value is -2.11. The largest absolute Gasteiger partial charge is 0.283 e. The van der Waals surface area contributed by atoms with Crippen molar-refractivity contribution in [3.05, 3.63) is 71.4 Å². The van der Waals surface area contributed by atoms with Gasteiger partial charge in [-0.2, -0.15) is 0 Å². The lowest BCUT2D eigenvalue weighted by atomic mass is 10.1. The summed E-state index contributed by atoms with van der Waals surface area (Å²) in [7, 11) is 0. The maximum Gasteiger partial charge on any atom is 0.263 e. The fourth-order valence-corrected chi connectivity index (χ4v) is 4.10. The van der Waals surface area contributed by atoms with Crippen molar-refractivity contribution in [3.63, 3.8) is 0 Å². The van der Waals surface area contributed by atoms with Crippen LogP contribution in [0.5, 0.6) is 0 Å². The highest BCUT2D eigenvalue weighted by Crippen LogP contribution is 2.32. The molecule has 0 fully saturated rings. The summed E-state index contributed by atoms with van der Waals surface area (Å²) in [5.41, 5.74) is 1.97. The Kier molecular flexibility index (Phi) is 4.79. The predicted molar refractivity (Wildman–Crippen MR) is 100 cm³/mol. The highest BCUT2D eigenvalue weighted by Gasteiger charge is 2.16. The molecule has 0 atom stereocenters. The van der Waals surface area contributed by atoms with Crippen molar-refractivity contribution in [3.8, 4) is 11.1 Å². The second kappa shape index (κ2) is 6.98. The van der Waals surface area contributed by atoms with Crippen LogP contribution in [0, 0.1) is 0 Å². The van der Waals surface area contributed by atoms with E-state index >= 15 is 0 Å². The minimum atomic E-state index is -0.0124. The summed E-state index contributed by atoms with van der Waals surface area (Å²) in [5, 5.41) is 3.41. The molecule has 0 saturated carbocycles. The molecule has 0 aliphatic carbocycles. The van der Waals surface area contributed by atoms with E-state index in [2.05, 4.69) is 18.1 Å². The lowest BCUT2D eigenvalue weighted by molar-refractivity contribution is 0.673. The second-order valence-electron chi connectivity index (χ2n) is 4.89. The number of rotatable bonds is 6. The summed E-state index contributed by atoms with van der Waals surface area (Å²) in [6, 6.07) is 9.94. The topological polar surface area (TPSA) is 34.9 Å². The van der Waals surface area contributed by atoms with Gasteiger partial charge in [-0.25, -0.2) is 4.98 Å². The Morgan fingerprint density at radius 2 is 2.00 bits per heavy atom. The summed E-state index contributed by atoms with van der Waals surface area (Å²) < 4.78 is 1.68. The van der Waals surface area contributed by atoms with Gasteiger partial charge in [0, 0.05) is 23.2 Å². The van der Waals surface area contributed by atoms with Crippen LogP contribution in [0.15, 0.2) is 71.0 Å². The number of aromatic nitrogens is 2. The van der Waals surface area contributed by atoms with E-state index in [0.29, 0.717) is 22.8 Å². The van der Waals surface area contributed by atoms with Crippen molar-refractivity contribution >= 4 is 33.3 Å². The van der Waals surface area contributed by atoms with E-state index in [-0.39, 0.29) is 5.56 Å². The molecule has 2 heterocycles. The molecule has 0 bridgehead atoms. The molecular formula is C18H16N2OS2. The van der Waals surface area contributed by atoms with Crippen molar-refractivity contribution in [2.24, 2.45) is 0 Å². The Labute approximate surface area is 143 Å². The highest BCUT2D eigenvalue weighted by atomic mass is 32.2. The average Bonchev–Trinajstić information content (AvgIpc) is 3.01. The molecule has 0 radical (unpaired) electrons. The lowest BCUT2D eigenvalue weighted by Gasteiger charge is -2.09. The molecule has 5 heteroatoms. The number of thiophene rings is 1. The van der Waals surface area contributed by atoms with Crippen LogP contribution < -0.4 is 5.56 Å². The van der Waals surface area contributed by atoms with Gasteiger partial charge in [-0.15, -0.1) is 24.5 Å². The molecule has 0 aliphatic rings. The van der Waals surface area contributed by atoms with Gasteiger partial charge in [0.15, 0.2) is 5.16 Å². The minimum Gasteiger partial charge on any atom is -0.283 e. The zero-order valence-electron chi connectivity index (χ0n) is 12.6. The standard InChI is InChI=1S/C18H16N2OS2/c1-3-10-20-17(21)15-14(13-8-6-5-7-9-13)12-23-16(15)19-18(20)22-11-4-2/h3-9,12H,1-2,10-11H2. The monoisotopic (exact) mass is 340 g/mol. The smallest absolute Gasteiger partial charge is 0.263 e. The molecule has 0 N–H and O–H groups in total. The van der Waals surface area contributed by atoms with Crippen LogP contribution >= 0.6 is 23.1 Å². The van der Waals surface area contributed by atoms with Crippen LogP contribution in [0.3, 0.4) is 0 Å². The zero-order valence-corrected chi connectivity index (χ0v) is 14.2. The van der Waals surface area contributed by atoms with E-state index in [1.807, 2.05) is 41.8 Å². The summed E-state index contributed by atoms with van der Waals surface area (Å²) in [6.45, 7) is 7.93. The number of hydrogen-bond donors (Lipinski definition) is 0. The SMILES string of the molecule is C=CCSc1nc2scc(-c3ccccc3)c2c(=O)n1CC=C. The summed E-state index contributed by atoms with van der Waals surface area (Å²) >= 11 is 3.02. The first kappa shape index (κ1) is 15.8. The van der Waals surface area contributed by atoms with Gasteiger partial charge in [-0.3, -0.25) is 9.36 Å². The predicted octanol–water partition coefficient (Wildman–Crippen LogP) is 4.59. The Morgan fingerprint density at radius 3 is 2.70 bits per heavy atom. The third-order valence-corrected chi connectivity index (χ3v) is 5.23. The van der Waals surface area contributed by atoms with Gasteiger partial charge in [0.05, 0.1) is 5.39 Å². The van der Waals surface area contributed by atoms with Crippen LogP contribution in [0.4, 0.5) is 0 Å². The van der Waals surface area contributed by atoms with Crippen molar-refractivity contribution in [1.29, 1.82) is 0 Å². The lowest BCUT2D eigenvalue weighted by Crippen LogP contribution is -2.22. The van der Waals surface area contributed by atoms with Crippen LogP contribution in [0.25, 0.3) is 21.3 Å². The average molecular weight is 340 g/mol. The molecule has 23 heavy (non-hydrogen) atoms. The van der Waals surface area contributed by atoms with Gasteiger partial charge < -0.3 is 0 Å². The van der Waals surface area contributed by atoms with E-state index in [1.165, 1.54) is 23.1 Å². The van der Waals surface area contributed by atoms with E-state index in [4.69, 9.17) is 0 Å². The van der Waals surface area contributed by atoms with Crippen molar-refractivity contribution in [2.45, 2.75) is 11.7 Å². The molecule has 3 nitrogen and oxygen atoms in total. The molecule has 0 spiro atoms. The first-order chi connectivity index (χ1) is 11.3. The van der Waals surface area contributed by atoms with Gasteiger partial charge in [-0.1, -0.05) is 54.2 Å². The maximum atomic E-state index is 13.0. The molecule has 3 rings (SSSR count). The fraction of sp³-hybridized carbons (Fsp3) is 0.111. The molecule has 0 aliphatic heterocycles. The number of allylic oxidation sites excluding steroid dienone is 1. The molecule has 0 saturated heterocycles. The summed E-state index contributed by atoms with van der Waals surface area (Å²) in [5.74, 6) is 0.714. The van der Waals surface area contributed by atoms with Crippen LogP contribution in [-0.4, -0.2) is 15.3 Å². The molecule has 3 aromatic rings. The first-order valence-electron chi connectivity index (χ1n) is 7.18. The van der Waals surface area contributed by atoms with Gasteiger partial charge in [-0.05, 0) is 5.56 Å². The van der Waals surface area contributed by atoms with Gasteiger partial charge in [0.1, 0.15) is 4.83 Å². The third kappa shape index (κ3) is 3.02. The zero-order chi connectivity index (χ0) is 16.2. The highest BCUT2D eigenvalue weighted by molar-refractivity contribution is 7.99. The number of thioether (sulfide) groups is 1. The molecular weight excluding hydrogens is 324 g/mol. The number of benzene rings is 1. The normalized spacial score (nSPS) is 10.8. The van der Waals surface area contributed by atoms with Crippen LogP contribution in [0.1, 0.15) is 0 Å². The Morgan fingerprint density at radius 1 is 1.22 bits per heavy atom. The number of nitrogens with zero attached hydrogens (tertiary/aromatic N) is 2.